The van der Waals surface area contributed by atoms with E-state index in [1.807, 2.05) is 81.4 Å². The third-order valence-corrected chi connectivity index (χ3v) is 5.18. The van der Waals surface area contributed by atoms with Gasteiger partial charge in [-0.25, -0.2) is 4.98 Å². The van der Waals surface area contributed by atoms with Crippen LogP contribution in [-0.4, -0.2) is 16.0 Å². The highest BCUT2D eigenvalue weighted by Gasteiger charge is 2.20. The number of fused-ring (bicyclic) bond motifs is 1. The van der Waals surface area contributed by atoms with Crippen molar-refractivity contribution in [2.75, 3.05) is 5.32 Å². The van der Waals surface area contributed by atoms with E-state index in [1.165, 1.54) is 0 Å². The van der Waals surface area contributed by atoms with E-state index < -0.39 is 0 Å². The number of benzene rings is 2. The zero-order valence-electron chi connectivity index (χ0n) is 16.8. The smallest absolute Gasteiger partial charge is 0.227 e. The second-order valence-corrected chi connectivity index (χ2v) is 7.34. The van der Waals surface area contributed by atoms with Gasteiger partial charge in [-0.1, -0.05) is 60.6 Å². The minimum Gasteiger partial charge on any atom is -0.361 e. The summed E-state index contributed by atoms with van der Waals surface area (Å²) in [5.41, 5.74) is 5.29. The third-order valence-electron chi connectivity index (χ3n) is 5.18. The Morgan fingerprint density at radius 3 is 2.52 bits per heavy atom. The first-order valence-electron chi connectivity index (χ1n) is 9.70. The number of aromatic nitrogens is 2. The molecule has 5 heteroatoms. The van der Waals surface area contributed by atoms with Gasteiger partial charge in [0.1, 0.15) is 5.76 Å². The van der Waals surface area contributed by atoms with Crippen LogP contribution in [0.15, 0.2) is 65.2 Å². The van der Waals surface area contributed by atoms with E-state index in [2.05, 4.69) is 10.5 Å². The lowest BCUT2D eigenvalue weighted by Crippen LogP contribution is -2.22. The molecule has 1 unspecified atom stereocenters. The standard InChI is InChI=1S/C24H23N3O2/c1-15(13-20-16(2)27-29-17(20)3)24(28)26-23-14-22(18-9-5-4-6-10-18)25-21-12-8-7-11-19(21)23/h4-12,14-15H,13H2,1-3H3,(H,25,26,28). The minimum absolute atomic E-state index is 0.0413. The SMILES string of the molecule is Cc1noc(C)c1CC(C)C(=O)Nc1cc(-c2ccccc2)nc2ccccc12. The lowest BCUT2D eigenvalue weighted by atomic mass is 9.99. The molecule has 0 aliphatic carbocycles. The average molecular weight is 385 g/mol. The first-order valence-corrected chi connectivity index (χ1v) is 9.70. The van der Waals surface area contributed by atoms with Crippen molar-refractivity contribution in [3.05, 3.63) is 77.7 Å². The van der Waals surface area contributed by atoms with Gasteiger partial charge in [0, 0.05) is 22.4 Å². The second kappa shape index (κ2) is 7.87. The molecule has 0 spiro atoms. The summed E-state index contributed by atoms with van der Waals surface area (Å²) in [5, 5.41) is 8.02. The predicted octanol–water partition coefficient (Wildman–Crippen LogP) is 5.32. The molecule has 2 aromatic heterocycles. The number of rotatable bonds is 5. The van der Waals surface area contributed by atoms with Gasteiger partial charge in [-0.15, -0.1) is 0 Å². The number of hydrogen-bond acceptors (Lipinski definition) is 4. The summed E-state index contributed by atoms with van der Waals surface area (Å²) in [4.78, 5) is 17.7. The van der Waals surface area contributed by atoms with Gasteiger partial charge >= 0.3 is 0 Å². The molecular formula is C24H23N3O2. The Bertz CT molecular complexity index is 1150. The molecule has 4 aromatic rings. The molecule has 0 aliphatic rings. The van der Waals surface area contributed by atoms with Crippen molar-refractivity contribution in [1.82, 2.24) is 10.1 Å². The van der Waals surface area contributed by atoms with E-state index in [0.29, 0.717) is 6.42 Å². The summed E-state index contributed by atoms with van der Waals surface area (Å²) in [6.07, 6.45) is 0.585. The Morgan fingerprint density at radius 2 is 1.79 bits per heavy atom. The lowest BCUT2D eigenvalue weighted by molar-refractivity contribution is -0.119. The fourth-order valence-corrected chi connectivity index (χ4v) is 3.48. The highest BCUT2D eigenvalue weighted by atomic mass is 16.5. The number of para-hydroxylation sites is 1. The molecule has 0 radical (unpaired) electrons. The molecule has 1 N–H and O–H groups in total. The summed E-state index contributed by atoms with van der Waals surface area (Å²) in [7, 11) is 0. The van der Waals surface area contributed by atoms with Crippen LogP contribution in [0.4, 0.5) is 5.69 Å². The van der Waals surface area contributed by atoms with Crippen LogP contribution in [0.2, 0.25) is 0 Å². The van der Waals surface area contributed by atoms with Crippen molar-refractivity contribution in [3.8, 4) is 11.3 Å². The molecule has 4 rings (SSSR count). The average Bonchev–Trinajstić information content (AvgIpc) is 3.06. The van der Waals surface area contributed by atoms with Gasteiger partial charge in [-0.3, -0.25) is 4.79 Å². The first-order chi connectivity index (χ1) is 14.0. The molecule has 146 valence electrons. The Kier molecular flexibility index (Phi) is 5.12. The second-order valence-electron chi connectivity index (χ2n) is 7.34. The highest BCUT2D eigenvalue weighted by molar-refractivity contribution is 6.02. The van der Waals surface area contributed by atoms with Gasteiger partial charge in [-0.2, -0.15) is 0 Å². The number of carbonyl (C=O) groups is 1. The van der Waals surface area contributed by atoms with Crippen LogP contribution in [0, 0.1) is 19.8 Å². The molecule has 5 nitrogen and oxygen atoms in total. The van der Waals surface area contributed by atoms with Gasteiger partial charge in [0.25, 0.3) is 0 Å². The fraction of sp³-hybridized carbons (Fsp3) is 0.208. The lowest BCUT2D eigenvalue weighted by Gasteiger charge is -2.15. The zero-order valence-corrected chi connectivity index (χ0v) is 16.8. The van der Waals surface area contributed by atoms with Gasteiger partial charge in [0.2, 0.25) is 5.91 Å². The van der Waals surface area contributed by atoms with Crippen LogP contribution in [0.25, 0.3) is 22.2 Å². The summed E-state index contributed by atoms with van der Waals surface area (Å²) >= 11 is 0. The molecule has 1 atom stereocenters. The van der Waals surface area contributed by atoms with Crippen molar-refractivity contribution in [1.29, 1.82) is 0 Å². The molecule has 0 saturated heterocycles. The Labute approximate surface area is 169 Å². The Hall–Kier alpha value is -3.47. The Morgan fingerprint density at radius 1 is 1.07 bits per heavy atom. The summed E-state index contributed by atoms with van der Waals surface area (Å²) in [6, 6.07) is 19.8. The molecule has 0 bridgehead atoms. The van der Waals surface area contributed by atoms with Crippen molar-refractivity contribution < 1.29 is 9.32 Å². The normalized spacial score (nSPS) is 12.1. The van der Waals surface area contributed by atoms with Crippen LogP contribution < -0.4 is 5.32 Å². The maximum Gasteiger partial charge on any atom is 0.227 e. The number of pyridine rings is 1. The van der Waals surface area contributed by atoms with E-state index in [0.717, 1.165) is 44.9 Å². The van der Waals surface area contributed by atoms with E-state index in [1.54, 1.807) is 0 Å². The topological polar surface area (TPSA) is 68.0 Å². The summed E-state index contributed by atoms with van der Waals surface area (Å²) < 4.78 is 5.23. The van der Waals surface area contributed by atoms with E-state index in [9.17, 15) is 4.79 Å². The molecular weight excluding hydrogens is 362 g/mol. The molecule has 0 aliphatic heterocycles. The largest absolute Gasteiger partial charge is 0.361 e. The molecule has 1 amide bonds. The monoisotopic (exact) mass is 385 g/mol. The molecule has 2 aromatic carbocycles. The molecule has 29 heavy (non-hydrogen) atoms. The number of nitrogens with one attached hydrogen (secondary N) is 1. The zero-order chi connectivity index (χ0) is 20.4. The highest BCUT2D eigenvalue weighted by Crippen LogP contribution is 2.29. The van der Waals surface area contributed by atoms with Crippen LogP contribution in [0.3, 0.4) is 0 Å². The van der Waals surface area contributed by atoms with Crippen molar-refractivity contribution in [3.63, 3.8) is 0 Å². The van der Waals surface area contributed by atoms with Gasteiger partial charge in [0.15, 0.2) is 0 Å². The number of anilines is 1. The van der Waals surface area contributed by atoms with Crippen LogP contribution >= 0.6 is 0 Å². The maximum atomic E-state index is 13.0. The van der Waals surface area contributed by atoms with E-state index >= 15 is 0 Å². The summed E-state index contributed by atoms with van der Waals surface area (Å²) in [6.45, 7) is 5.70. The van der Waals surface area contributed by atoms with Crippen molar-refractivity contribution in [2.45, 2.75) is 27.2 Å². The maximum absolute atomic E-state index is 13.0. The molecule has 2 heterocycles. The van der Waals surface area contributed by atoms with E-state index in [-0.39, 0.29) is 11.8 Å². The number of carbonyl (C=O) groups excluding carboxylic acids is 1. The fourth-order valence-electron chi connectivity index (χ4n) is 3.48. The quantitative estimate of drug-likeness (QED) is 0.504. The predicted molar refractivity (Wildman–Crippen MR) is 115 cm³/mol. The minimum atomic E-state index is -0.223. The number of amides is 1. The van der Waals surface area contributed by atoms with Crippen LogP contribution in [0.1, 0.15) is 23.9 Å². The van der Waals surface area contributed by atoms with Gasteiger partial charge < -0.3 is 9.84 Å². The third kappa shape index (κ3) is 3.90. The van der Waals surface area contributed by atoms with Crippen LogP contribution in [-0.2, 0) is 11.2 Å². The number of nitrogens with zero attached hydrogens (tertiary/aromatic N) is 2. The van der Waals surface area contributed by atoms with Crippen molar-refractivity contribution >= 4 is 22.5 Å². The van der Waals surface area contributed by atoms with Crippen molar-refractivity contribution in [2.24, 2.45) is 5.92 Å². The van der Waals surface area contributed by atoms with Gasteiger partial charge in [0.05, 0.1) is 22.6 Å². The Balaban J connectivity index is 1.65. The van der Waals surface area contributed by atoms with Crippen LogP contribution in [0.5, 0.6) is 0 Å². The summed E-state index contributed by atoms with van der Waals surface area (Å²) in [5.74, 6) is 0.502. The van der Waals surface area contributed by atoms with E-state index in [4.69, 9.17) is 9.51 Å². The first kappa shape index (κ1) is 18.9. The molecule has 0 saturated carbocycles. The number of aryl methyl sites for hydroxylation is 2. The number of hydrogen-bond donors (Lipinski definition) is 1. The van der Waals surface area contributed by atoms with Gasteiger partial charge in [-0.05, 0) is 32.4 Å². The molecule has 0 fully saturated rings.